The summed E-state index contributed by atoms with van der Waals surface area (Å²) in [5.74, 6) is -0.719. The predicted molar refractivity (Wildman–Crippen MR) is 143 cm³/mol. The van der Waals surface area contributed by atoms with Gasteiger partial charge in [-0.3, -0.25) is 9.59 Å². The number of carbonyl (C=O) groups excluding carboxylic acids is 2. The van der Waals surface area contributed by atoms with Crippen molar-refractivity contribution in [2.75, 3.05) is 13.6 Å². The van der Waals surface area contributed by atoms with Crippen molar-refractivity contribution in [2.45, 2.75) is 57.6 Å². The summed E-state index contributed by atoms with van der Waals surface area (Å²) in [5, 5.41) is 4.66. The van der Waals surface area contributed by atoms with E-state index in [1.807, 2.05) is 69.3 Å². The summed E-state index contributed by atoms with van der Waals surface area (Å²) in [6.45, 7) is 7.30. The molecule has 2 amide bonds. The predicted octanol–water partition coefficient (Wildman–Crippen LogP) is 4.10. The summed E-state index contributed by atoms with van der Waals surface area (Å²) in [4.78, 5) is 28.0. The van der Waals surface area contributed by atoms with Gasteiger partial charge in [-0.2, -0.15) is 4.31 Å². The molecule has 3 aromatic rings. The van der Waals surface area contributed by atoms with Crippen LogP contribution in [0, 0.1) is 6.92 Å². The molecule has 0 heterocycles. The van der Waals surface area contributed by atoms with Gasteiger partial charge in [-0.05, 0) is 61.2 Å². The molecule has 0 radical (unpaired) electrons. The van der Waals surface area contributed by atoms with Crippen molar-refractivity contribution in [1.82, 2.24) is 14.5 Å². The van der Waals surface area contributed by atoms with Crippen LogP contribution in [0.4, 0.5) is 0 Å². The van der Waals surface area contributed by atoms with Crippen LogP contribution in [0.5, 0.6) is 0 Å². The number of benzene rings is 3. The Morgan fingerprint density at radius 1 is 0.944 bits per heavy atom. The summed E-state index contributed by atoms with van der Waals surface area (Å²) in [6, 6.07) is 19.2. The summed E-state index contributed by atoms with van der Waals surface area (Å²) in [6.07, 6.45) is 0.761. The summed E-state index contributed by atoms with van der Waals surface area (Å²) >= 11 is 0. The van der Waals surface area contributed by atoms with Crippen LogP contribution in [-0.2, 0) is 26.2 Å². The van der Waals surface area contributed by atoms with E-state index in [-0.39, 0.29) is 29.9 Å². The van der Waals surface area contributed by atoms with Crippen LogP contribution in [0.1, 0.15) is 38.3 Å². The fraction of sp³-hybridized carbons (Fsp3) is 0.357. The molecule has 0 aromatic heterocycles. The summed E-state index contributed by atoms with van der Waals surface area (Å²) in [5.41, 5.74) is 1.89. The summed E-state index contributed by atoms with van der Waals surface area (Å²) < 4.78 is 27.7. The highest BCUT2D eigenvalue weighted by Crippen LogP contribution is 2.22. The van der Waals surface area contributed by atoms with Crippen molar-refractivity contribution < 1.29 is 18.0 Å². The molecule has 0 spiro atoms. The van der Waals surface area contributed by atoms with E-state index < -0.39 is 22.0 Å². The van der Waals surface area contributed by atoms with E-state index in [1.54, 1.807) is 25.1 Å². The van der Waals surface area contributed by atoms with E-state index in [0.717, 1.165) is 32.6 Å². The summed E-state index contributed by atoms with van der Waals surface area (Å²) in [7, 11) is -2.54. The van der Waals surface area contributed by atoms with Gasteiger partial charge >= 0.3 is 0 Å². The topological polar surface area (TPSA) is 86.8 Å². The highest BCUT2D eigenvalue weighted by Gasteiger charge is 2.31. The Kier molecular flexibility index (Phi) is 8.87. The van der Waals surface area contributed by atoms with Gasteiger partial charge < -0.3 is 10.2 Å². The van der Waals surface area contributed by atoms with E-state index in [2.05, 4.69) is 5.32 Å². The molecule has 36 heavy (non-hydrogen) atoms. The molecule has 3 rings (SSSR count). The number of aryl methyl sites for hydroxylation is 1. The molecule has 0 aliphatic carbocycles. The van der Waals surface area contributed by atoms with Crippen LogP contribution in [0.2, 0.25) is 0 Å². The average Bonchev–Trinajstić information content (AvgIpc) is 2.87. The number of nitrogens with zero attached hydrogens (tertiary/aromatic N) is 2. The van der Waals surface area contributed by atoms with Crippen LogP contribution >= 0.6 is 0 Å². The Hall–Kier alpha value is -3.23. The molecule has 7 nitrogen and oxygen atoms in total. The largest absolute Gasteiger partial charge is 0.352 e. The molecule has 0 saturated carbocycles. The number of nitrogens with one attached hydrogen (secondary N) is 1. The van der Waals surface area contributed by atoms with Gasteiger partial charge in [0, 0.05) is 19.6 Å². The Morgan fingerprint density at radius 3 is 2.25 bits per heavy atom. The first kappa shape index (κ1) is 27.4. The van der Waals surface area contributed by atoms with Crippen molar-refractivity contribution in [3.63, 3.8) is 0 Å². The van der Waals surface area contributed by atoms with Crippen molar-refractivity contribution in [1.29, 1.82) is 0 Å². The lowest BCUT2D eigenvalue weighted by molar-refractivity contribution is -0.140. The zero-order valence-electron chi connectivity index (χ0n) is 21.6. The third-order valence-electron chi connectivity index (χ3n) is 6.56. The monoisotopic (exact) mass is 509 g/mol. The van der Waals surface area contributed by atoms with Gasteiger partial charge in [-0.1, -0.05) is 61.5 Å². The van der Waals surface area contributed by atoms with Crippen LogP contribution in [0.15, 0.2) is 71.6 Å². The van der Waals surface area contributed by atoms with Gasteiger partial charge in [0.1, 0.15) is 6.04 Å². The second-order valence-electron chi connectivity index (χ2n) is 9.21. The minimum Gasteiger partial charge on any atom is -0.352 e. The number of hydrogen-bond acceptors (Lipinski definition) is 4. The molecule has 192 valence electrons. The molecular formula is C28H35N3O4S. The Balaban J connectivity index is 1.86. The van der Waals surface area contributed by atoms with Crippen molar-refractivity contribution in [3.05, 3.63) is 77.9 Å². The van der Waals surface area contributed by atoms with Crippen LogP contribution in [-0.4, -0.2) is 55.1 Å². The number of hydrogen-bond donors (Lipinski definition) is 1. The lowest BCUT2D eigenvalue weighted by Gasteiger charge is -2.31. The second kappa shape index (κ2) is 11.7. The molecule has 0 saturated heterocycles. The number of carbonyl (C=O) groups is 2. The van der Waals surface area contributed by atoms with Gasteiger partial charge in [0.25, 0.3) is 0 Å². The normalized spacial score (nSPS) is 13.4. The highest BCUT2D eigenvalue weighted by atomic mass is 32.2. The third-order valence-corrected chi connectivity index (χ3v) is 8.36. The van der Waals surface area contributed by atoms with Crippen LogP contribution < -0.4 is 5.32 Å². The fourth-order valence-corrected chi connectivity index (χ4v) is 5.05. The van der Waals surface area contributed by atoms with E-state index in [9.17, 15) is 18.0 Å². The van der Waals surface area contributed by atoms with Crippen molar-refractivity contribution in [2.24, 2.45) is 0 Å². The Labute approximate surface area is 214 Å². The highest BCUT2D eigenvalue weighted by molar-refractivity contribution is 7.89. The number of likely N-dealkylation sites (N-methyl/N-ethyl adjacent to an activating group) is 1. The third kappa shape index (κ3) is 6.30. The Bertz CT molecular complexity index is 1340. The van der Waals surface area contributed by atoms with Gasteiger partial charge in [0.15, 0.2) is 0 Å². The van der Waals surface area contributed by atoms with E-state index in [4.69, 9.17) is 0 Å². The number of fused-ring (bicyclic) bond motifs is 1. The molecule has 3 aromatic carbocycles. The van der Waals surface area contributed by atoms with E-state index in [0.29, 0.717) is 0 Å². The molecule has 8 heteroatoms. The molecule has 1 N–H and O–H groups in total. The Morgan fingerprint density at radius 2 is 1.58 bits per heavy atom. The molecular weight excluding hydrogens is 474 g/mol. The van der Waals surface area contributed by atoms with Gasteiger partial charge in [0.2, 0.25) is 21.8 Å². The van der Waals surface area contributed by atoms with E-state index in [1.165, 1.54) is 11.9 Å². The molecule has 0 aliphatic heterocycles. The van der Waals surface area contributed by atoms with Crippen LogP contribution in [0.25, 0.3) is 10.8 Å². The molecule has 0 unspecified atom stereocenters. The first-order valence-electron chi connectivity index (χ1n) is 12.1. The maximum Gasteiger partial charge on any atom is 0.243 e. The zero-order chi connectivity index (χ0) is 26.5. The molecule has 0 fully saturated rings. The minimum atomic E-state index is -3.92. The van der Waals surface area contributed by atoms with Gasteiger partial charge in [-0.15, -0.1) is 0 Å². The minimum absolute atomic E-state index is 0.0358. The van der Waals surface area contributed by atoms with Crippen LogP contribution in [0.3, 0.4) is 0 Å². The number of amides is 2. The maximum absolute atomic E-state index is 13.5. The fourth-order valence-electron chi connectivity index (χ4n) is 3.89. The van der Waals surface area contributed by atoms with E-state index >= 15 is 0 Å². The van der Waals surface area contributed by atoms with Gasteiger partial charge in [-0.25, -0.2) is 8.42 Å². The molecule has 0 bridgehead atoms. The molecule has 2 atom stereocenters. The second-order valence-corrected chi connectivity index (χ2v) is 11.3. The van der Waals surface area contributed by atoms with Gasteiger partial charge in [0.05, 0.1) is 11.4 Å². The SMILES string of the molecule is CC[C@@H](C)NC(=O)[C@H](C)N(Cc1ccccc1C)C(=O)CN(C)S(=O)(=O)c1ccc2ccccc2c1. The standard InChI is InChI=1S/C28H35N3O4S/c1-6-21(3)29-28(33)22(4)31(18-25-14-8-7-11-20(25)2)27(32)19-30(5)36(34,35)26-16-15-23-12-9-10-13-24(23)17-26/h7-17,21-22H,6,18-19H2,1-5H3,(H,29,33)/t21-,22+/m1/s1. The van der Waals surface area contributed by atoms with Crippen molar-refractivity contribution >= 4 is 32.6 Å². The lowest BCUT2D eigenvalue weighted by Crippen LogP contribution is -2.52. The number of rotatable bonds is 10. The quantitative estimate of drug-likeness (QED) is 0.446. The van der Waals surface area contributed by atoms with Crippen molar-refractivity contribution in [3.8, 4) is 0 Å². The smallest absolute Gasteiger partial charge is 0.243 e. The zero-order valence-corrected chi connectivity index (χ0v) is 22.4. The number of sulfonamides is 1. The first-order valence-corrected chi connectivity index (χ1v) is 13.6. The average molecular weight is 510 g/mol. The molecule has 0 aliphatic rings. The maximum atomic E-state index is 13.5. The first-order chi connectivity index (χ1) is 17.0. The lowest BCUT2D eigenvalue weighted by atomic mass is 10.1.